The van der Waals surface area contributed by atoms with E-state index < -0.39 is 0 Å². The number of para-hydroxylation sites is 6. The maximum Gasteiger partial charge on any atom is 0.0641 e. The Morgan fingerprint density at radius 1 is 0.259 bits per heavy atom. The lowest BCUT2D eigenvalue weighted by molar-refractivity contribution is 1.16. The molecule has 9 aromatic carbocycles. The van der Waals surface area contributed by atoms with E-state index in [0.717, 1.165) is 56.5 Å². The summed E-state index contributed by atoms with van der Waals surface area (Å²) in [5, 5.41) is 4.86. The van der Waals surface area contributed by atoms with Gasteiger partial charge in [0, 0.05) is 67.0 Å². The van der Waals surface area contributed by atoms with Gasteiger partial charge in [-0.15, -0.1) is 0 Å². The molecule has 0 fully saturated rings. The highest BCUT2D eigenvalue weighted by Gasteiger charge is 2.23. The summed E-state index contributed by atoms with van der Waals surface area (Å²) < 4.78 is 4.91. The molecule has 0 spiro atoms. The van der Waals surface area contributed by atoms with E-state index in [0.29, 0.717) is 0 Å². The third-order valence-corrected chi connectivity index (χ3v) is 11.2. The molecule has 0 unspecified atom stereocenters. The standard InChI is InChI=1S/C54H38N4/c1-6-19-39(20-7-1)55(40-21-8-2-9-22-40)44-29-18-30-45(37-44)57-51-35-33-46(56(41-23-10-3-11-24-41)42-25-12-4-13-26-42)38-49(51)53-52(57)36-34-48-47-31-16-17-32-50(47)58(54(48)53)43-27-14-5-15-28-43/h1-38H. The minimum Gasteiger partial charge on any atom is -0.310 e. The van der Waals surface area contributed by atoms with Gasteiger partial charge in [-0.3, -0.25) is 0 Å². The smallest absolute Gasteiger partial charge is 0.0641 e. The monoisotopic (exact) mass is 742 g/mol. The number of nitrogens with zero attached hydrogens (tertiary/aromatic N) is 4. The summed E-state index contributed by atoms with van der Waals surface area (Å²) in [7, 11) is 0. The number of anilines is 6. The average Bonchev–Trinajstić information content (AvgIpc) is 3.81. The number of hydrogen-bond acceptors (Lipinski definition) is 2. The first-order valence-corrected chi connectivity index (χ1v) is 19.8. The molecule has 2 heterocycles. The second-order valence-electron chi connectivity index (χ2n) is 14.6. The van der Waals surface area contributed by atoms with Crippen molar-refractivity contribution in [3.63, 3.8) is 0 Å². The highest BCUT2D eigenvalue weighted by molar-refractivity contribution is 6.26. The second-order valence-corrected chi connectivity index (χ2v) is 14.6. The largest absolute Gasteiger partial charge is 0.310 e. The van der Waals surface area contributed by atoms with E-state index in [9.17, 15) is 0 Å². The molecular weight excluding hydrogens is 705 g/mol. The molecule has 0 atom stereocenters. The second kappa shape index (κ2) is 14.0. The van der Waals surface area contributed by atoms with Crippen molar-refractivity contribution in [3.05, 3.63) is 231 Å². The van der Waals surface area contributed by atoms with Crippen LogP contribution in [0.4, 0.5) is 34.1 Å². The Labute approximate surface area is 337 Å². The van der Waals surface area contributed by atoms with Crippen molar-refractivity contribution in [2.45, 2.75) is 0 Å². The van der Waals surface area contributed by atoms with Crippen LogP contribution in [0.25, 0.3) is 55.0 Å². The molecule has 0 radical (unpaired) electrons. The first-order valence-electron chi connectivity index (χ1n) is 19.8. The number of hydrogen-bond donors (Lipinski definition) is 0. The molecule has 0 saturated heterocycles. The fourth-order valence-corrected chi connectivity index (χ4v) is 8.78. The van der Waals surface area contributed by atoms with Crippen LogP contribution in [0.15, 0.2) is 231 Å². The molecule has 11 aromatic rings. The Hall–Kier alpha value is -7.82. The van der Waals surface area contributed by atoms with Crippen molar-refractivity contribution in [2.24, 2.45) is 0 Å². The molecule has 0 aliphatic heterocycles. The third kappa shape index (κ3) is 5.54. The van der Waals surface area contributed by atoms with Crippen LogP contribution in [0.3, 0.4) is 0 Å². The van der Waals surface area contributed by atoms with Gasteiger partial charge in [0.2, 0.25) is 0 Å². The van der Waals surface area contributed by atoms with Gasteiger partial charge in [0.1, 0.15) is 0 Å². The number of benzene rings is 9. The first-order chi connectivity index (χ1) is 28.8. The van der Waals surface area contributed by atoms with Gasteiger partial charge in [-0.2, -0.15) is 0 Å². The van der Waals surface area contributed by atoms with Crippen molar-refractivity contribution in [1.82, 2.24) is 9.13 Å². The van der Waals surface area contributed by atoms with E-state index in [1.165, 1.54) is 32.6 Å². The molecule has 0 aliphatic carbocycles. The highest BCUT2D eigenvalue weighted by Crippen LogP contribution is 2.45. The summed E-state index contributed by atoms with van der Waals surface area (Å²) in [6.45, 7) is 0. The van der Waals surface area contributed by atoms with Gasteiger partial charge in [-0.1, -0.05) is 121 Å². The van der Waals surface area contributed by atoms with Gasteiger partial charge in [0.15, 0.2) is 0 Å². The van der Waals surface area contributed by atoms with E-state index in [1.54, 1.807) is 0 Å². The minimum atomic E-state index is 1.08. The molecule has 0 N–H and O–H groups in total. The Kier molecular flexibility index (Phi) is 8.11. The zero-order chi connectivity index (χ0) is 38.4. The van der Waals surface area contributed by atoms with Gasteiger partial charge in [-0.05, 0) is 109 Å². The van der Waals surface area contributed by atoms with E-state index in [1.807, 2.05) is 0 Å². The van der Waals surface area contributed by atoms with Crippen LogP contribution >= 0.6 is 0 Å². The molecule has 4 nitrogen and oxygen atoms in total. The molecule has 2 aromatic heterocycles. The zero-order valence-corrected chi connectivity index (χ0v) is 31.7. The molecule has 0 bridgehead atoms. The lowest BCUT2D eigenvalue weighted by atomic mass is 10.1. The van der Waals surface area contributed by atoms with Gasteiger partial charge in [0.05, 0.1) is 22.1 Å². The SMILES string of the molecule is c1ccc(N(c2ccccc2)c2cccc(-n3c4ccc(N(c5ccccc5)c5ccccc5)cc4c4c3ccc3c5ccccc5n(-c5ccccc5)c34)c2)cc1. The first kappa shape index (κ1) is 33.5. The maximum atomic E-state index is 2.46. The van der Waals surface area contributed by atoms with E-state index in [2.05, 4.69) is 249 Å². The van der Waals surface area contributed by atoms with Crippen LogP contribution in [-0.4, -0.2) is 9.13 Å². The lowest BCUT2D eigenvalue weighted by Gasteiger charge is -2.26. The highest BCUT2D eigenvalue weighted by atomic mass is 15.2. The maximum absolute atomic E-state index is 2.46. The molecule has 274 valence electrons. The predicted octanol–water partition coefficient (Wildman–Crippen LogP) is 14.8. The normalized spacial score (nSPS) is 11.4. The van der Waals surface area contributed by atoms with E-state index >= 15 is 0 Å². The molecule has 4 heteroatoms. The van der Waals surface area contributed by atoms with Crippen molar-refractivity contribution in [1.29, 1.82) is 0 Å². The topological polar surface area (TPSA) is 16.3 Å². The van der Waals surface area contributed by atoms with Crippen LogP contribution in [0.5, 0.6) is 0 Å². The fourth-order valence-electron chi connectivity index (χ4n) is 8.78. The molecule has 0 saturated carbocycles. The fraction of sp³-hybridized carbons (Fsp3) is 0. The van der Waals surface area contributed by atoms with Gasteiger partial charge < -0.3 is 18.9 Å². The quantitative estimate of drug-likeness (QED) is 0.154. The molecule has 0 amide bonds. The van der Waals surface area contributed by atoms with Crippen molar-refractivity contribution in [2.75, 3.05) is 9.80 Å². The van der Waals surface area contributed by atoms with Gasteiger partial charge >= 0.3 is 0 Å². The van der Waals surface area contributed by atoms with Crippen LogP contribution < -0.4 is 9.80 Å². The van der Waals surface area contributed by atoms with Crippen molar-refractivity contribution in [3.8, 4) is 11.4 Å². The Bertz CT molecular complexity index is 3130. The average molecular weight is 743 g/mol. The van der Waals surface area contributed by atoms with Crippen molar-refractivity contribution < 1.29 is 0 Å². The summed E-state index contributed by atoms with van der Waals surface area (Å²) in [6.07, 6.45) is 0. The minimum absolute atomic E-state index is 1.08. The lowest BCUT2D eigenvalue weighted by Crippen LogP contribution is -2.10. The summed E-state index contributed by atoms with van der Waals surface area (Å²) in [6, 6.07) is 82.7. The zero-order valence-electron chi connectivity index (χ0n) is 31.7. The number of fused-ring (bicyclic) bond motifs is 7. The van der Waals surface area contributed by atoms with E-state index in [-0.39, 0.29) is 0 Å². The van der Waals surface area contributed by atoms with Crippen LogP contribution in [0.1, 0.15) is 0 Å². The van der Waals surface area contributed by atoms with Crippen molar-refractivity contribution >= 4 is 77.7 Å². The number of aromatic nitrogens is 2. The Morgan fingerprint density at radius 2 is 0.707 bits per heavy atom. The van der Waals surface area contributed by atoms with Gasteiger partial charge in [-0.25, -0.2) is 0 Å². The third-order valence-electron chi connectivity index (χ3n) is 11.2. The predicted molar refractivity (Wildman–Crippen MR) is 244 cm³/mol. The Morgan fingerprint density at radius 3 is 1.29 bits per heavy atom. The molecular formula is C54H38N4. The summed E-state index contributed by atoms with van der Waals surface area (Å²) in [4.78, 5) is 4.69. The summed E-state index contributed by atoms with van der Waals surface area (Å²) in [5.74, 6) is 0. The number of rotatable bonds is 8. The summed E-state index contributed by atoms with van der Waals surface area (Å²) in [5.41, 5.74) is 13.5. The Balaban J connectivity index is 1.24. The molecule has 0 aliphatic rings. The molecule has 11 rings (SSSR count). The molecule has 58 heavy (non-hydrogen) atoms. The van der Waals surface area contributed by atoms with Crippen LogP contribution in [0.2, 0.25) is 0 Å². The van der Waals surface area contributed by atoms with Crippen LogP contribution in [0, 0.1) is 0 Å². The van der Waals surface area contributed by atoms with Crippen LogP contribution in [-0.2, 0) is 0 Å². The van der Waals surface area contributed by atoms with Gasteiger partial charge in [0.25, 0.3) is 0 Å². The van der Waals surface area contributed by atoms with E-state index in [4.69, 9.17) is 0 Å². The summed E-state index contributed by atoms with van der Waals surface area (Å²) >= 11 is 0.